The van der Waals surface area contributed by atoms with Gasteiger partial charge in [0, 0.05) is 19.7 Å². The van der Waals surface area contributed by atoms with E-state index in [0.717, 1.165) is 19.7 Å². The molecule has 1 unspecified atom stereocenters. The third kappa shape index (κ3) is 3.06. The zero-order valence-electron chi connectivity index (χ0n) is 9.28. The maximum atomic E-state index is 8.67. The Morgan fingerprint density at radius 2 is 2.19 bits per heavy atom. The van der Waals surface area contributed by atoms with Crippen LogP contribution in [0.2, 0.25) is 0 Å². The minimum atomic E-state index is 0.387. The van der Waals surface area contributed by atoms with Crippen LogP contribution in [0, 0.1) is 11.3 Å². The molecular formula is C13H16N2O. The molecule has 0 aromatic heterocycles. The second-order valence-corrected chi connectivity index (χ2v) is 4.07. The Kier molecular flexibility index (Phi) is 3.92. The van der Waals surface area contributed by atoms with Crippen molar-refractivity contribution in [3.05, 3.63) is 35.4 Å². The highest BCUT2D eigenvalue weighted by molar-refractivity contribution is 5.31. The highest BCUT2D eigenvalue weighted by Gasteiger charge is 2.14. The van der Waals surface area contributed by atoms with Gasteiger partial charge in [0.25, 0.3) is 0 Å². The van der Waals surface area contributed by atoms with Crippen LogP contribution in [0.1, 0.15) is 24.0 Å². The fraction of sp³-hybridized carbons (Fsp3) is 0.462. The summed E-state index contributed by atoms with van der Waals surface area (Å²) < 4.78 is 5.52. The number of benzene rings is 1. The summed E-state index contributed by atoms with van der Waals surface area (Å²) in [5.41, 5.74) is 1.92. The van der Waals surface area contributed by atoms with Crippen LogP contribution in [-0.2, 0) is 11.3 Å². The van der Waals surface area contributed by atoms with Crippen molar-refractivity contribution in [1.29, 1.82) is 5.26 Å². The zero-order valence-corrected chi connectivity index (χ0v) is 9.28. The second kappa shape index (κ2) is 5.64. The van der Waals surface area contributed by atoms with Crippen molar-refractivity contribution in [3.8, 4) is 6.07 Å². The molecule has 3 heteroatoms. The van der Waals surface area contributed by atoms with Gasteiger partial charge in [-0.1, -0.05) is 12.1 Å². The molecule has 0 radical (unpaired) electrons. The summed E-state index contributed by atoms with van der Waals surface area (Å²) in [6.07, 6.45) is 2.74. The molecule has 1 saturated heterocycles. The summed E-state index contributed by atoms with van der Waals surface area (Å²) >= 11 is 0. The van der Waals surface area contributed by atoms with Gasteiger partial charge in [0.05, 0.1) is 17.7 Å². The lowest BCUT2D eigenvalue weighted by molar-refractivity contribution is 0.110. The quantitative estimate of drug-likeness (QED) is 0.835. The molecule has 16 heavy (non-hydrogen) atoms. The normalized spacial score (nSPS) is 19.6. The van der Waals surface area contributed by atoms with Crippen molar-refractivity contribution in [1.82, 2.24) is 5.32 Å². The Morgan fingerprint density at radius 3 is 2.81 bits per heavy atom. The summed E-state index contributed by atoms with van der Waals surface area (Å²) in [7, 11) is 0. The topological polar surface area (TPSA) is 45.0 Å². The van der Waals surface area contributed by atoms with Crippen LogP contribution in [-0.4, -0.2) is 19.3 Å². The SMILES string of the molecule is N#Cc1ccc(CNCC2CCCO2)cc1. The van der Waals surface area contributed by atoms with E-state index in [2.05, 4.69) is 11.4 Å². The van der Waals surface area contributed by atoms with E-state index in [1.54, 1.807) is 0 Å². The van der Waals surface area contributed by atoms with E-state index < -0.39 is 0 Å². The summed E-state index contributed by atoms with van der Waals surface area (Å²) in [5, 5.41) is 12.0. The van der Waals surface area contributed by atoms with Crippen LogP contribution in [0.25, 0.3) is 0 Å². The molecule has 1 fully saturated rings. The predicted molar refractivity (Wildman–Crippen MR) is 61.8 cm³/mol. The highest BCUT2D eigenvalue weighted by atomic mass is 16.5. The highest BCUT2D eigenvalue weighted by Crippen LogP contribution is 2.11. The van der Waals surface area contributed by atoms with E-state index in [1.807, 2.05) is 24.3 Å². The van der Waals surface area contributed by atoms with E-state index in [9.17, 15) is 0 Å². The fourth-order valence-electron chi connectivity index (χ4n) is 1.88. The molecule has 1 N–H and O–H groups in total. The van der Waals surface area contributed by atoms with Crippen molar-refractivity contribution in [3.63, 3.8) is 0 Å². The molecule has 0 bridgehead atoms. The summed E-state index contributed by atoms with van der Waals surface area (Å²) in [6.45, 7) is 2.66. The van der Waals surface area contributed by atoms with E-state index in [1.165, 1.54) is 18.4 Å². The van der Waals surface area contributed by atoms with Gasteiger partial charge in [-0.3, -0.25) is 0 Å². The summed E-state index contributed by atoms with van der Waals surface area (Å²) in [6, 6.07) is 9.79. The molecule has 3 nitrogen and oxygen atoms in total. The van der Waals surface area contributed by atoms with Gasteiger partial charge < -0.3 is 10.1 Å². The summed E-state index contributed by atoms with van der Waals surface area (Å²) in [4.78, 5) is 0. The number of nitrogens with one attached hydrogen (secondary N) is 1. The molecule has 1 atom stereocenters. The predicted octanol–water partition coefficient (Wildman–Crippen LogP) is 1.83. The van der Waals surface area contributed by atoms with Gasteiger partial charge in [0.1, 0.15) is 0 Å². The molecule has 1 aliphatic heterocycles. The van der Waals surface area contributed by atoms with Gasteiger partial charge in [-0.05, 0) is 30.5 Å². The van der Waals surface area contributed by atoms with Crippen LogP contribution in [0.15, 0.2) is 24.3 Å². The number of hydrogen-bond acceptors (Lipinski definition) is 3. The largest absolute Gasteiger partial charge is 0.377 e. The molecule has 1 aromatic rings. The van der Waals surface area contributed by atoms with Gasteiger partial charge in [0.2, 0.25) is 0 Å². The van der Waals surface area contributed by atoms with Crippen LogP contribution < -0.4 is 5.32 Å². The number of nitrogens with zero attached hydrogens (tertiary/aromatic N) is 1. The minimum Gasteiger partial charge on any atom is -0.377 e. The molecular weight excluding hydrogens is 200 g/mol. The molecule has 1 aliphatic rings. The van der Waals surface area contributed by atoms with Gasteiger partial charge in [-0.25, -0.2) is 0 Å². The average molecular weight is 216 g/mol. The van der Waals surface area contributed by atoms with Crippen LogP contribution >= 0.6 is 0 Å². The van der Waals surface area contributed by atoms with Crippen LogP contribution in [0.5, 0.6) is 0 Å². The zero-order chi connectivity index (χ0) is 11.2. The van der Waals surface area contributed by atoms with Crippen molar-refractivity contribution < 1.29 is 4.74 Å². The molecule has 0 aliphatic carbocycles. The Hall–Kier alpha value is -1.37. The Bertz CT molecular complexity index is 361. The molecule has 0 saturated carbocycles. The first-order valence-electron chi connectivity index (χ1n) is 5.70. The van der Waals surface area contributed by atoms with Crippen LogP contribution in [0.4, 0.5) is 0 Å². The maximum absolute atomic E-state index is 8.67. The van der Waals surface area contributed by atoms with Crippen molar-refractivity contribution in [2.75, 3.05) is 13.2 Å². The Morgan fingerprint density at radius 1 is 1.38 bits per heavy atom. The van der Waals surface area contributed by atoms with Gasteiger partial charge >= 0.3 is 0 Å². The number of ether oxygens (including phenoxy) is 1. The smallest absolute Gasteiger partial charge is 0.0991 e. The number of nitriles is 1. The first-order valence-corrected chi connectivity index (χ1v) is 5.70. The number of hydrogen-bond donors (Lipinski definition) is 1. The number of rotatable bonds is 4. The first kappa shape index (κ1) is 11.1. The minimum absolute atomic E-state index is 0.387. The molecule has 1 heterocycles. The van der Waals surface area contributed by atoms with Gasteiger partial charge in [0.15, 0.2) is 0 Å². The molecule has 2 rings (SSSR count). The van der Waals surface area contributed by atoms with Gasteiger partial charge in [-0.2, -0.15) is 5.26 Å². The fourth-order valence-corrected chi connectivity index (χ4v) is 1.88. The molecule has 84 valence electrons. The lowest BCUT2D eigenvalue weighted by Crippen LogP contribution is -2.25. The van der Waals surface area contributed by atoms with Gasteiger partial charge in [-0.15, -0.1) is 0 Å². The van der Waals surface area contributed by atoms with Crippen LogP contribution in [0.3, 0.4) is 0 Å². The monoisotopic (exact) mass is 216 g/mol. The maximum Gasteiger partial charge on any atom is 0.0991 e. The van der Waals surface area contributed by atoms with Crippen molar-refractivity contribution in [2.45, 2.75) is 25.5 Å². The first-order chi connectivity index (χ1) is 7.88. The lowest BCUT2D eigenvalue weighted by atomic mass is 10.1. The third-order valence-corrected chi connectivity index (χ3v) is 2.81. The molecule has 1 aromatic carbocycles. The Balaban J connectivity index is 1.74. The Labute approximate surface area is 96.0 Å². The average Bonchev–Trinajstić information content (AvgIpc) is 2.83. The van der Waals surface area contributed by atoms with E-state index >= 15 is 0 Å². The third-order valence-electron chi connectivity index (χ3n) is 2.81. The standard InChI is InChI=1S/C13H16N2O/c14-8-11-3-5-12(6-4-11)9-15-10-13-2-1-7-16-13/h3-6,13,15H,1-2,7,9-10H2. The summed E-state index contributed by atoms with van der Waals surface area (Å²) in [5.74, 6) is 0. The molecule has 0 amide bonds. The van der Waals surface area contributed by atoms with E-state index in [0.29, 0.717) is 11.7 Å². The molecule has 0 spiro atoms. The van der Waals surface area contributed by atoms with Crippen molar-refractivity contribution >= 4 is 0 Å². The lowest BCUT2D eigenvalue weighted by Gasteiger charge is -2.10. The van der Waals surface area contributed by atoms with E-state index in [-0.39, 0.29) is 0 Å². The second-order valence-electron chi connectivity index (χ2n) is 4.07. The van der Waals surface area contributed by atoms with E-state index in [4.69, 9.17) is 10.00 Å². The van der Waals surface area contributed by atoms with Crippen molar-refractivity contribution in [2.24, 2.45) is 0 Å².